The normalized spacial score (nSPS) is 38.6. The van der Waals surface area contributed by atoms with Crippen LogP contribution in [0.5, 0.6) is 0 Å². The molecule has 1 heterocycles. The maximum atomic E-state index is 13.1. The van der Waals surface area contributed by atoms with Gasteiger partial charge in [-0.2, -0.15) is 0 Å². The van der Waals surface area contributed by atoms with E-state index in [-0.39, 0.29) is 65.7 Å². The molecule has 7 nitrogen and oxygen atoms in total. The quantitative estimate of drug-likeness (QED) is 0.500. The zero-order chi connectivity index (χ0) is 21.7. The second kappa shape index (κ2) is 7.82. The van der Waals surface area contributed by atoms with Crippen LogP contribution in [0.25, 0.3) is 0 Å². The maximum absolute atomic E-state index is 13.1. The average Bonchev–Trinajstić information content (AvgIpc) is 3.07. The van der Waals surface area contributed by atoms with Gasteiger partial charge in [0.2, 0.25) is 11.8 Å². The van der Waals surface area contributed by atoms with E-state index in [9.17, 15) is 28.8 Å². The van der Waals surface area contributed by atoms with Gasteiger partial charge in [-0.1, -0.05) is 6.92 Å². The molecule has 0 aromatic heterocycles. The molecule has 1 aliphatic heterocycles. The van der Waals surface area contributed by atoms with Gasteiger partial charge in [0.1, 0.15) is 23.1 Å². The maximum Gasteiger partial charge on any atom is 0.233 e. The third-order valence-electron chi connectivity index (χ3n) is 7.79. The standard InChI is InChI=1S/C23H29NO6/c1-11-3-5-15-17(7-11)23(30)24(22(15)29)10-18-20(27)14-6-4-13(9-16(14)21(18)28)19(26)8-12(2)25/h11,13-18H,3-10H2,1-2H3. The van der Waals surface area contributed by atoms with Gasteiger partial charge >= 0.3 is 0 Å². The summed E-state index contributed by atoms with van der Waals surface area (Å²) < 4.78 is 0. The van der Waals surface area contributed by atoms with Crippen molar-refractivity contribution in [2.24, 2.45) is 41.4 Å². The van der Waals surface area contributed by atoms with Crippen LogP contribution < -0.4 is 0 Å². The fourth-order valence-corrected chi connectivity index (χ4v) is 6.17. The van der Waals surface area contributed by atoms with Gasteiger partial charge in [0, 0.05) is 24.3 Å². The van der Waals surface area contributed by atoms with E-state index in [1.165, 1.54) is 11.8 Å². The first-order chi connectivity index (χ1) is 14.2. The summed E-state index contributed by atoms with van der Waals surface area (Å²) in [6.45, 7) is 3.30. The van der Waals surface area contributed by atoms with Crippen molar-refractivity contribution in [3.05, 3.63) is 0 Å². The molecule has 7 unspecified atom stereocenters. The van der Waals surface area contributed by atoms with E-state index < -0.39 is 17.8 Å². The molecule has 0 aromatic carbocycles. The highest BCUT2D eigenvalue weighted by atomic mass is 16.2. The third kappa shape index (κ3) is 3.46. The van der Waals surface area contributed by atoms with Crippen LogP contribution in [0.3, 0.4) is 0 Å². The van der Waals surface area contributed by atoms with E-state index in [0.717, 1.165) is 6.42 Å². The number of imide groups is 1. The van der Waals surface area contributed by atoms with Crippen molar-refractivity contribution in [1.29, 1.82) is 0 Å². The molecule has 3 aliphatic carbocycles. The molecule has 1 saturated heterocycles. The van der Waals surface area contributed by atoms with Crippen molar-refractivity contribution in [1.82, 2.24) is 4.90 Å². The zero-order valence-corrected chi connectivity index (χ0v) is 17.6. The Hall–Kier alpha value is -2.18. The molecular formula is C23H29NO6. The summed E-state index contributed by atoms with van der Waals surface area (Å²) in [7, 11) is 0. The minimum absolute atomic E-state index is 0.133. The monoisotopic (exact) mass is 415 g/mol. The van der Waals surface area contributed by atoms with Crippen LogP contribution in [0, 0.1) is 41.4 Å². The number of carbonyl (C=O) groups is 6. The second-order valence-corrected chi connectivity index (χ2v) is 9.84. The highest BCUT2D eigenvalue weighted by Gasteiger charge is 2.55. The number of Topliss-reactive ketones (excluding diaryl/α,β-unsaturated/α-hetero) is 4. The van der Waals surface area contributed by atoms with Gasteiger partial charge in [-0.15, -0.1) is 0 Å². The van der Waals surface area contributed by atoms with Crippen LogP contribution >= 0.6 is 0 Å². The van der Waals surface area contributed by atoms with Crippen LogP contribution in [-0.4, -0.2) is 46.4 Å². The summed E-state index contributed by atoms with van der Waals surface area (Å²) in [5.74, 6) is -3.79. The highest BCUT2D eigenvalue weighted by molar-refractivity contribution is 6.13. The minimum atomic E-state index is -0.966. The molecule has 4 rings (SSSR count). The number of likely N-dealkylation sites (tertiary alicyclic amines) is 1. The van der Waals surface area contributed by atoms with Crippen molar-refractivity contribution in [2.75, 3.05) is 6.54 Å². The lowest BCUT2D eigenvalue weighted by molar-refractivity contribution is -0.142. The summed E-state index contributed by atoms with van der Waals surface area (Å²) in [6, 6.07) is 0. The Morgan fingerprint density at radius 3 is 2.17 bits per heavy atom. The molecule has 3 saturated carbocycles. The van der Waals surface area contributed by atoms with Gasteiger partial charge < -0.3 is 0 Å². The molecular weight excluding hydrogens is 386 g/mol. The van der Waals surface area contributed by atoms with Crippen LogP contribution in [-0.2, 0) is 28.8 Å². The number of hydrogen-bond acceptors (Lipinski definition) is 6. The van der Waals surface area contributed by atoms with Crippen LogP contribution in [0.15, 0.2) is 0 Å². The van der Waals surface area contributed by atoms with E-state index in [2.05, 4.69) is 6.92 Å². The summed E-state index contributed by atoms with van der Waals surface area (Å²) in [5, 5.41) is 0. The lowest BCUT2D eigenvalue weighted by atomic mass is 9.73. The van der Waals surface area contributed by atoms with Crippen molar-refractivity contribution >= 4 is 34.9 Å². The van der Waals surface area contributed by atoms with Crippen LogP contribution in [0.4, 0.5) is 0 Å². The number of hydrogen-bond donors (Lipinski definition) is 0. The molecule has 2 amide bonds. The van der Waals surface area contributed by atoms with E-state index in [1.54, 1.807) is 0 Å². The van der Waals surface area contributed by atoms with E-state index >= 15 is 0 Å². The summed E-state index contributed by atoms with van der Waals surface area (Å²) in [4.78, 5) is 76.4. The van der Waals surface area contributed by atoms with Gasteiger partial charge in [-0.05, 0) is 51.4 Å². The molecule has 7 atom stereocenters. The van der Waals surface area contributed by atoms with Crippen molar-refractivity contribution < 1.29 is 28.8 Å². The number of carbonyl (C=O) groups excluding carboxylic acids is 6. The van der Waals surface area contributed by atoms with E-state index in [4.69, 9.17) is 0 Å². The Balaban J connectivity index is 1.46. The van der Waals surface area contributed by atoms with Crippen LogP contribution in [0.2, 0.25) is 0 Å². The first-order valence-corrected chi connectivity index (χ1v) is 11.1. The topological polar surface area (TPSA) is 106 Å². The predicted molar refractivity (Wildman–Crippen MR) is 105 cm³/mol. The summed E-state index contributed by atoms with van der Waals surface area (Å²) in [5.41, 5.74) is 0. The number of amides is 2. The average molecular weight is 415 g/mol. The number of ketones is 4. The van der Waals surface area contributed by atoms with Gasteiger partial charge in [0.25, 0.3) is 0 Å². The number of nitrogens with zero attached hydrogens (tertiary/aromatic N) is 1. The molecule has 0 radical (unpaired) electrons. The SMILES string of the molecule is CC(=O)CC(=O)C1CCC2C(=O)C(CN3C(=O)C4CCC(C)CC4C3=O)C(=O)C2C1. The number of rotatable bonds is 5. The van der Waals surface area contributed by atoms with Crippen molar-refractivity contribution in [2.45, 2.75) is 58.8 Å². The molecule has 4 aliphatic rings. The Labute approximate surface area is 175 Å². The first-order valence-electron chi connectivity index (χ1n) is 11.1. The predicted octanol–water partition coefficient (Wildman–Crippen LogP) is 1.76. The Bertz CT molecular complexity index is 832. The van der Waals surface area contributed by atoms with Gasteiger partial charge in [0.15, 0.2) is 0 Å². The van der Waals surface area contributed by atoms with Gasteiger partial charge in [-0.25, -0.2) is 0 Å². The zero-order valence-electron chi connectivity index (χ0n) is 17.6. The fraction of sp³-hybridized carbons (Fsp3) is 0.739. The van der Waals surface area contributed by atoms with E-state index in [1.807, 2.05) is 0 Å². The lowest BCUT2D eigenvalue weighted by Crippen LogP contribution is -2.39. The van der Waals surface area contributed by atoms with E-state index in [0.29, 0.717) is 38.0 Å². The minimum Gasteiger partial charge on any atom is -0.300 e. The Morgan fingerprint density at radius 2 is 1.47 bits per heavy atom. The summed E-state index contributed by atoms with van der Waals surface area (Å²) >= 11 is 0. The van der Waals surface area contributed by atoms with Gasteiger partial charge in [0.05, 0.1) is 24.2 Å². The van der Waals surface area contributed by atoms with Crippen molar-refractivity contribution in [3.8, 4) is 0 Å². The molecule has 0 spiro atoms. The molecule has 0 aromatic rings. The summed E-state index contributed by atoms with van der Waals surface area (Å²) in [6.07, 6.45) is 3.39. The Kier molecular flexibility index (Phi) is 5.49. The molecule has 30 heavy (non-hydrogen) atoms. The highest BCUT2D eigenvalue weighted by Crippen LogP contribution is 2.45. The molecule has 4 fully saturated rings. The lowest BCUT2D eigenvalue weighted by Gasteiger charge is -2.28. The first kappa shape index (κ1) is 21.1. The van der Waals surface area contributed by atoms with Crippen LogP contribution in [0.1, 0.15) is 58.8 Å². The largest absolute Gasteiger partial charge is 0.300 e. The molecule has 162 valence electrons. The third-order valence-corrected chi connectivity index (χ3v) is 7.79. The Morgan fingerprint density at radius 1 is 0.833 bits per heavy atom. The second-order valence-electron chi connectivity index (χ2n) is 9.84. The molecule has 7 heteroatoms. The molecule has 0 bridgehead atoms. The van der Waals surface area contributed by atoms with Gasteiger partial charge in [-0.3, -0.25) is 33.7 Å². The fourth-order valence-electron chi connectivity index (χ4n) is 6.17. The number of fused-ring (bicyclic) bond motifs is 2. The van der Waals surface area contributed by atoms with Crippen molar-refractivity contribution in [3.63, 3.8) is 0 Å². The molecule has 0 N–H and O–H groups in total. The smallest absolute Gasteiger partial charge is 0.233 e.